The van der Waals surface area contributed by atoms with Crippen molar-refractivity contribution in [2.75, 3.05) is 11.5 Å². The molecule has 17 heavy (non-hydrogen) atoms. The quantitative estimate of drug-likeness (QED) is 0.916. The molecule has 2 rings (SSSR count). The molecule has 0 aromatic heterocycles. The van der Waals surface area contributed by atoms with Gasteiger partial charge >= 0.3 is 0 Å². The van der Waals surface area contributed by atoms with Crippen LogP contribution in [0.5, 0.6) is 0 Å². The fourth-order valence-corrected chi connectivity index (χ4v) is 3.79. The minimum Gasteiger partial charge on any atom is -0.309 e. The number of nitrogens with one attached hydrogen (secondary N) is 1. The molecule has 1 aromatic carbocycles. The molecule has 1 saturated heterocycles. The van der Waals surface area contributed by atoms with Gasteiger partial charge in [-0.3, -0.25) is 0 Å². The second-order valence-corrected chi connectivity index (χ2v) is 6.88. The molecule has 6 heteroatoms. The van der Waals surface area contributed by atoms with Crippen LogP contribution in [-0.4, -0.2) is 26.0 Å². The lowest BCUT2D eigenvalue weighted by atomic mass is 10.2. The maximum absolute atomic E-state index is 13.4. The number of rotatable bonds is 3. The first-order chi connectivity index (χ1) is 7.96. The second kappa shape index (κ2) is 4.92. The maximum Gasteiger partial charge on any atom is 0.151 e. The van der Waals surface area contributed by atoms with Gasteiger partial charge in [0, 0.05) is 23.2 Å². The molecular weight excluding hydrogens is 265 g/mol. The topological polar surface area (TPSA) is 46.2 Å². The van der Waals surface area contributed by atoms with Crippen molar-refractivity contribution in [2.45, 2.75) is 19.0 Å². The summed E-state index contributed by atoms with van der Waals surface area (Å²) in [6, 6.07) is 4.26. The summed E-state index contributed by atoms with van der Waals surface area (Å²) in [6.07, 6.45) is 0.588. The zero-order valence-corrected chi connectivity index (χ0v) is 10.7. The van der Waals surface area contributed by atoms with Gasteiger partial charge in [0.1, 0.15) is 5.82 Å². The monoisotopic (exact) mass is 277 g/mol. The standard InChI is InChI=1S/C11H13ClFNO2S/c12-9-1-2-11(13)8(5-9)6-14-10-3-4-17(15,16)7-10/h1-2,5,10,14H,3-4,6-7H2. The smallest absolute Gasteiger partial charge is 0.151 e. The average Bonchev–Trinajstić information content (AvgIpc) is 2.60. The van der Waals surface area contributed by atoms with Crippen molar-refractivity contribution < 1.29 is 12.8 Å². The van der Waals surface area contributed by atoms with Crippen LogP contribution in [0.25, 0.3) is 0 Å². The predicted molar refractivity (Wildman–Crippen MR) is 65.3 cm³/mol. The van der Waals surface area contributed by atoms with Crippen LogP contribution in [0.3, 0.4) is 0 Å². The highest BCUT2D eigenvalue weighted by atomic mass is 35.5. The van der Waals surface area contributed by atoms with E-state index >= 15 is 0 Å². The highest BCUT2D eigenvalue weighted by Crippen LogP contribution is 2.16. The Morgan fingerprint density at radius 2 is 2.24 bits per heavy atom. The van der Waals surface area contributed by atoms with Crippen LogP contribution in [0.2, 0.25) is 5.02 Å². The van der Waals surface area contributed by atoms with E-state index in [-0.39, 0.29) is 23.4 Å². The molecule has 0 aliphatic carbocycles. The lowest BCUT2D eigenvalue weighted by molar-refractivity contribution is 0.532. The number of halogens is 2. The molecule has 1 aromatic rings. The van der Waals surface area contributed by atoms with Crippen LogP contribution >= 0.6 is 11.6 Å². The van der Waals surface area contributed by atoms with Crippen LogP contribution in [0, 0.1) is 5.82 Å². The molecule has 1 fully saturated rings. The fraction of sp³-hybridized carbons (Fsp3) is 0.455. The lowest BCUT2D eigenvalue weighted by Crippen LogP contribution is -2.29. The van der Waals surface area contributed by atoms with Gasteiger partial charge < -0.3 is 5.32 Å². The Morgan fingerprint density at radius 3 is 2.88 bits per heavy atom. The third-order valence-corrected chi connectivity index (χ3v) is 4.82. The van der Waals surface area contributed by atoms with Gasteiger partial charge in [-0.1, -0.05) is 11.6 Å². The van der Waals surface area contributed by atoms with Crippen molar-refractivity contribution in [1.82, 2.24) is 5.32 Å². The summed E-state index contributed by atoms with van der Waals surface area (Å²) in [6.45, 7) is 0.298. The van der Waals surface area contributed by atoms with Crippen molar-refractivity contribution in [3.8, 4) is 0 Å². The number of hydrogen-bond acceptors (Lipinski definition) is 3. The Morgan fingerprint density at radius 1 is 1.47 bits per heavy atom. The average molecular weight is 278 g/mol. The van der Waals surface area contributed by atoms with E-state index in [0.717, 1.165) is 0 Å². The van der Waals surface area contributed by atoms with E-state index in [1.807, 2.05) is 0 Å². The van der Waals surface area contributed by atoms with Crippen LogP contribution in [0.1, 0.15) is 12.0 Å². The van der Waals surface area contributed by atoms with Gasteiger partial charge in [0.15, 0.2) is 9.84 Å². The Kier molecular flexibility index (Phi) is 3.70. The van der Waals surface area contributed by atoms with Gasteiger partial charge in [-0.2, -0.15) is 0 Å². The van der Waals surface area contributed by atoms with Gasteiger partial charge in [0.2, 0.25) is 0 Å². The molecule has 1 aliphatic rings. The van der Waals surface area contributed by atoms with E-state index in [4.69, 9.17) is 11.6 Å². The molecule has 0 saturated carbocycles. The van der Waals surface area contributed by atoms with Crippen LogP contribution in [0.4, 0.5) is 4.39 Å². The fourth-order valence-electron chi connectivity index (χ4n) is 1.89. The number of sulfone groups is 1. The number of benzene rings is 1. The zero-order valence-electron chi connectivity index (χ0n) is 9.12. The third kappa shape index (κ3) is 3.40. The third-order valence-electron chi connectivity index (χ3n) is 2.82. The molecule has 1 heterocycles. The largest absolute Gasteiger partial charge is 0.309 e. The molecule has 0 amide bonds. The van der Waals surface area contributed by atoms with Gasteiger partial charge in [-0.05, 0) is 24.6 Å². The van der Waals surface area contributed by atoms with Crippen molar-refractivity contribution in [3.63, 3.8) is 0 Å². The first-order valence-electron chi connectivity index (χ1n) is 5.34. The van der Waals surface area contributed by atoms with Crippen molar-refractivity contribution in [3.05, 3.63) is 34.6 Å². The molecule has 0 spiro atoms. The molecule has 0 radical (unpaired) electrons. The summed E-state index contributed by atoms with van der Waals surface area (Å²) < 4.78 is 35.9. The molecule has 1 atom stereocenters. The van der Waals surface area contributed by atoms with Crippen molar-refractivity contribution >= 4 is 21.4 Å². The lowest BCUT2D eigenvalue weighted by Gasteiger charge is -2.11. The van der Waals surface area contributed by atoms with Gasteiger partial charge in [0.05, 0.1) is 11.5 Å². The summed E-state index contributed by atoms with van der Waals surface area (Å²) >= 11 is 5.77. The van der Waals surface area contributed by atoms with Gasteiger partial charge in [-0.25, -0.2) is 12.8 Å². The maximum atomic E-state index is 13.4. The number of hydrogen-bond donors (Lipinski definition) is 1. The van der Waals surface area contributed by atoms with E-state index < -0.39 is 9.84 Å². The predicted octanol–water partition coefficient (Wildman–Crippen LogP) is 1.76. The Hall–Kier alpha value is -0.650. The highest BCUT2D eigenvalue weighted by molar-refractivity contribution is 7.91. The van der Waals surface area contributed by atoms with Crippen molar-refractivity contribution in [1.29, 1.82) is 0 Å². The summed E-state index contributed by atoms with van der Waals surface area (Å²) in [5.74, 6) is 0.0143. The summed E-state index contributed by atoms with van der Waals surface area (Å²) in [5, 5.41) is 3.52. The van der Waals surface area contributed by atoms with Gasteiger partial charge in [-0.15, -0.1) is 0 Å². The molecule has 94 valence electrons. The van der Waals surface area contributed by atoms with Gasteiger partial charge in [0.25, 0.3) is 0 Å². The van der Waals surface area contributed by atoms with E-state index in [0.29, 0.717) is 23.6 Å². The summed E-state index contributed by atoms with van der Waals surface area (Å²) in [4.78, 5) is 0. The summed E-state index contributed by atoms with van der Waals surface area (Å²) in [5.41, 5.74) is 0.460. The van der Waals surface area contributed by atoms with E-state index in [1.54, 1.807) is 6.07 Å². The van der Waals surface area contributed by atoms with E-state index in [2.05, 4.69) is 5.32 Å². The molecule has 0 bridgehead atoms. The Labute approximate surface area is 105 Å². The van der Waals surface area contributed by atoms with Crippen molar-refractivity contribution in [2.24, 2.45) is 0 Å². The molecule has 1 unspecified atom stereocenters. The zero-order chi connectivity index (χ0) is 12.5. The van der Waals surface area contributed by atoms with Crippen LogP contribution in [0.15, 0.2) is 18.2 Å². The normalized spacial score (nSPS) is 22.8. The molecular formula is C11H13ClFNO2S. The molecule has 1 aliphatic heterocycles. The first kappa shape index (κ1) is 12.8. The first-order valence-corrected chi connectivity index (χ1v) is 7.54. The van der Waals surface area contributed by atoms with Crippen LogP contribution < -0.4 is 5.32 Å². The minimum absolute atomic E-state index is 0.0848. The Balaban J connectivity index is 1.97. The van der Waals surface area contributed by atoms with E-state index in [1.165, 1.54) is 12.1 Å². The second-order valence-electron chi connectivity index (χ2n) is 4.22. The SMILES string of the molecule is O=S1(=O)CCC(NCc2cc(Cl)ccc2F)C1. The highest BCUT2D eigenvalue weighted by Gasteiger charge is 2.27. The summed E-state index contributed by atoms with van der Waals surface area (Å²) in [7, 11) is -2.90. The molecule has 3 nitrogen and oxygen atoms in total. The van der Waals surface area contributed by atoms with E-state index in [9.17, 15) is 12.8 Å². The van der Waals surface area contributed by atoms with Crippen LogP contribution in [-0.2, 0) is 16.4 Å². The molecule has 1 N–H and O–H groups in total. The minimum atomic E-state index is -2.90. The Bertz CT molecular complexity index is 518.